The number of hydrogen-bond donors (Lipinski definition) is 1. The Morgan fingerprint density at radius 3 is 2.75 bits per heavy atom. The van der Waals surface area contributed by atoms with Crippen molar-refractivity contribution in [3.63, 3.8) is 0 Å². The lowest BCUT2D eigenvalue weighted by molar-refractivity contribution is -0.0817. The summed E-state index contributed by atoms with van der Waals surface area (Å²) in [4.78, 5) is 7.12. The Kier molecular flexibility index (Phi) is 12.0. The zero-order valence-corrected chi connectivity index (χ0v) is 17.5. The Bertz CT molecular complexity index is 352. The predicted molar refractivity (Wildman–Crippen MR) is 107 cm³/mol. The number of nitrogens with one attached hydrogen (secondary N) is 1. The van der Waals surface area contributed by atoms with E-state index in [9.17, 15) is 0 Å². The molecule has 6 nitrogen and oxygen atoms in total. The number of ether oxygens (including phenoxy) is 3. The minimum atomic E-state index is 0. The Hall–Kier alpha value is -0.120. The molecule has 0 spiro atoms. The number of rotatable bonds is 8. The van der Waals surface area contributed by atoms with Gasteiger partial charge in [0.25, 0.3) is 0 Å². The number of hydrogen-bond acceptors (Lipinski definition) is 4. The van der Waals surface area contributed by atoms with Gasteiger partial charge in [-0.05, 0) is 39.0 Å². The lowest BCUT2D eigenvalue weighted by Crippen LogP contribution is -2.53. The predicted octanol–water partition coefficient (Wildman–Crippen LogP) is 2.27. The van der Waals surface area contributed by atoms with Crippen molar-refractivity contribution in [2.24, 2.45) is 4.99 Å². The lowest BCUT2D eigenvalue weighted by atomic mass is 10.1. The van der Waals surface area contributed by atoms with E-state index in [-0.39, 0.29) is 36.2 Å². The van der Waals surface area contributed by atoms with Crippen LogP contribution in [0.3, 0.4) is 0 Å². The third kappa shape index (κ3) is 7.41. The van der Waals surface area contributed by atoms with Gasteiger partial charge in [0.05, 0.1) is 12.7 Å². The number of unbranched alkanes of at least 4 members (excludes halogenated alkanes) is 2. The fraction of sp³-hybridized carbons (Fsp3) is 0.941. The number of nitrogens with zero attached hydrogens (tertiary/aromatic N) is 2. The van der Waals surface area contributed by atoms with Crippen LogP contribution in [0.2, 0.25) is 0 Å². The molecule has 0 amide bonds. The second-order valence-corrected chi connectivity index (χ2v) is 6.20. The molecule has 142 valence electrons. The van der Waals surface area contributed by atoms with Gasteiger partial charge in [-0.1, -0.05) is 0 Å². The van der Waals surface area contributed by atoms with Gasteiger partial charge in [-0.15, -0.1) is 24.0 Å². The highest BCUT2D eigenvalue weighted by Gasteiger charge is 2.32. The van der Waals surface area contributed by atoms with Crippen molar-refractivity contribution in [2.75, 3.05) is 53.1 Å². The SMILES string of the molecule is CCNC(=NCCCCCOC)N1CCOC(C2CCCO2)C1.I. The normalized spacial score (nSPS) is 24.8. The minimum Gasteiger partial charge on any atom is -0.385 e. The Morgan fingerprint density at radius 2 is 2.04 bits per heavy atom. The van der Waals surface area contributed by atoms with Gasteiger partial charge < -0.3 is 24.4 Å². The number of aliphatic imine (C=N–C) groups is 1. The quantitative estimate of drug-likeness (QED) is 0.264. The molecule has 7 heteroatoms. The smallest absolute Gasteiger partial charge is 0.194 e. The van der Waals surface area contributed by atoms with E-state index in [0.29, 0.717) is 0 Å². The third-order valence-electron chi connectivity index (χ3n) is 4.38. The molecule has 2 rings (SSSR count). The maximum Gasteiger partial charge on any atom is 0.194 e. The van der Waals surface area contributed by atoms with Gasteiger partial charge in [0, 0.05) is 46.5 Å². The maximum atomic E-state index is 5.93. The van der Waals surface area contributed by atoms with E-state index in [1.165, 1.54) is 6.42 Å². The number of halogens is 1. The van der Waals surface area contributed by atoms with Crippen LogP contribution in [0.4, 0.5) is 0 Å². The van der Waals surface area contributed by atoms with Crippen LogP contribution in [0, 0.1) is 0 Å². The summed E-state index contributed by atoms with van der Waals surface area (Å²) < 4.78 is 16.8. The highest BCUT2D eigenvalue weighted by Crippen LogP contribution is 2.21. The van der Waals surface area contributed by atoms with Crippen molar-refractivity contribution < 1.29 is 14.2 Å². The molecular weight excluding hydrogens is 421 g/mol. The van der Waals surface area contributed by atoms with Gasteiger partial charge >= 0.3 is 0 Å². The molecule has 0 radical (unpaired) electrons. The van der Waals surface area contributed by atoms with E-state index in [2.05, 4.69) is 17.1 Å². The van der Waals surface area contributed by atoms with Crippen LogP contribution in [0.5, 0.6) is 0 Å². The van der Waals surface area contributed by atoms with Crippen molar-refractivity contribution in [1.82, 2.24) is 10.2 Å². The molecule has 2 fully saturated rings. The van der Waals surface area contributed by atoms with Gasteiger partial charge in [-0.2, -0.15) is 0 Å². The first kappa shape index (κ1) is 21.9. The third-order valence-corrected chi connectivity index (χ3v) is 4.38. The molecule has 24 heavy (non-hydrogen) atoms. The molecule has 2 aliphatic heterocycles. The van der Waals surface area contributed by atoms with Crippen LogP contribution >= 0.6 is 24.0 Å². The van der Waals surface area contributed by atoms with Gasteiger partial charge in [0.1, 0.15) is 6.10 Å². The molecule has 2 aliphatic rings. The fourth-order valence-electron chi connectivity index (χ4n) is 3.13. The van der Waals surface area contributed by atoms with Crippen molar-refractivity contribution in [3.8, 4) is 0 Å². The standard InChI is InChI=1S/C17H33N3O3.HI/c1-3-18-17(19-9-5-4-6-11-21-2)20-10-13-23-16(14-20)15-8-7-12-22-15;/h15-16H,3-14H2,1-2H3,(H,18,19);1H. The summed E-state index contributed by atoms with van der Waals surface area (Å²) in [6, 6.07) is 0. The fourth-order valence-corrected chi connectivity index (χ4v) is 3.13. The summed E-state index contributed by atoms with van der Waals surface area (Å²) >= 11 is 0. The largest absolute Gasteiger partial charge is 0.385 e. The van der Waals surface area contributed by atoms with E-state index in [0.717, 1.165) is 77.6 Å². The van der Waals surface area contributed by atoms with Gasteiger partial charge in [-0.3, -0.25) is 4.99 Å². The van der Waals surface area contributed by atoms with E-state index in [4.69, 9.17) is 19.2 Å². The molecule has 2 unspecified atom stereocenters. The molecule has 0 aliphatic carbocycles. The van der Waals surface area contributed by atoms with Crippen molar-refractivity contribution >= 4 is 29.9 Å². The Labute approximate surface area is 163 Å². The second kappa shape index (κ2) is 13.1. The first-order valence-corrected chi connectivity index (χ1v) is 9.10. The number of morpholine rings is 1. The van der Waals surface area contributed by atoms with Gasteiger partial charge in [0.15, 0.2) is 5.96 Å². The van der Waals surface area contributed by atoms with Crippen LogP contribution in [0.1, 0.15) is 39.0 Å². The number of methoxy groups -OCH3 is 1. The molecule has 1 N–H and O–H groups in total. The molecule has 0 aromatic carbocycles. The lowest BCUT2D eigenvalue weighted by Gasteiger charge is -2.37. The summed E-state index contributed by atoms with van der Waals surface area (Å²) in [6.07, 6.45) is 6.09. The highest BCUT2D eigenvalue weighted by atomic mass is 127. The Morgan fingerprint density at radius 1 is 1.21 bits per heavy atom. The molecule has 0 bridgehead atoms. The first-order valence-electron chi connectivity index (χ1n) is 9.10. The molecule has 2 atom stereocenters. The van der Waals surface area contributed by atoms with Gasteiger partial charge in [0.2, 0.25) is 0 Å². The van der Waals surface area contributed by atoms with E-state index in [1.807, 2.05) is 0 Å². The average Bonchev–Trinajstić information content (AvgIpc) is 3.12. The summed E-state index contributed by atoms with van der Waals surface area (Å²) in [5.74, 6) is 1.02. The summed E-state index contributed by atoms with van der Waals surface area (Å²) in [7, 11) is 1.75. The van der Waals surface area contributed by atoms with Crippen LogP contribution in [-0.2, 0) is 14.2 Å². The van der Waals surface area contributed by atoms with Gasteiger partial charge in [-0.25, -0.2) is 0 Å². The van der Waals surface area contributed by atoms with Crippen LogP contribution in [0.15, 0.2) is 4.99 Å². The molecule has 0 aromatic rings. The molecule has 2 saturated heterocycles. The molecule has 0 saturated carbocycles. The topological polar surface area (TPSA) is 55.3 Å². The Balaban J connectivity index is 0.00000288. The summed E-state index contributed by atoms with van der Waals surface area (Å²) in [6.45, 7) is 8.13. The zero-order valence-electron chi connectivity index (χ0n) is 15.2. The van der Waals surface area contributed by atoms with Crippen molar-refractivity contribution in [2.45, 2.75) is 51.2 Å². The molecule has 0 aromatic heterocycles. The summed E-state index contributed by atoms with van der Waals surface area (Å²) in [5, 5.41) is 3.42. The zero-order chi connectivity index (χ0) is 16.3. The summed E-state index contributed by atoms with van der Waals surface area (Å²) in [5.41, 5.74) is 0. The van der Waals surface area contributed by atoms with E-state index < -0.39 is 0 Å². The van der Waals surface area contributed by atoms with Crippen LogP contribution in [0.25, 0.3) is 0 Å². The maximum absolute atomic E-state index is 5.93. The minimum absolute atomic E-state index is 0. The number of guanidine groups is 1. The highest BCUT2D eigenvalue weighted by molar-refractivity contribution is 14.0. The monoisotopic (exact) mass is 455 g/mol. The van der Waals surface area contributed by atoms with Crippen LogP contribution < -0.4 is 5.32 Å². The van der Waals surface area contributed by atoms with E-state index in [1.54, 1.807) is 7.11 Å². The van der Waals surface area contributed by atoms with Crippen molar-refractivity contribution in [1.29, 1.82) is 0 Å². The van der Waals surface area contributed by atoms with Crippen LogP contribution in [-0.4, -0.2) is 76.2 Å². The molecule has 2 heterocycles. The average molecular weight is 455 g/mol. The van der Waals surface area contributed by atoms with E-state index >= 15 is 0 Å². The second-order valence-electron chi connectivity index (χ2n) is 6.20. The molecular formula is C17H34IN3O3. The van der Waals surface area contributed by atoms with Crippen molar-refractivity contribution in [3.05, 3.63) is 0 Å². The first-order chi connectivity index (χ1) is 11.3.